The summed E-state index contributed by atoms with van der Waals surface area (Å²) in [7, 11) is 0. The average molecular weight is 565 g/mol. The molecule has 3 rings (SSSR count). The van der Waals surface area contributed by atoms with E-state index in [0.29, 0.717) is 29.9 Å². The number of nitrogens with zero attached hydrogens (tertiary/aromatic N) is 3. The van der Waals surface area contributed by atoms with Gasteiger partial charge in [0, 0.05) is 23.2 Å². The van der Waals surface area contributed by atoms with Crippen LogP contribution in [-0.2, 0) is 22.3 Å². The van der Waals surface area contributed by atoms with E-state index in [0.717, 1.165) is 18.6 Å². The van der Waals surface area contributed by atoms with E-state index in [2.05, 4.69) is 25.8 Å². The molecule has 0 spiro atoms. The number of rotatable bonds is 11. The molecule has 40 heavy (non-hydrogen) atoms. The zero-order valence-electron chi connectivity index (χ0n) is 22.8. The van der Waals surface area contributed by atoms with Crippen molar-refractivity contribution in [1.29, 1.82) is 0 Å². The Labute approximate surface area is 230 Å². The topological polar surface area (TPSA) is 134 Å². The molecule has 3 atom stereocenters. The molecular formula is C27H35F3N6O4. The minimum Gasteiger partial charge on any atom is -0.444 e. The Morgan fingerprint density at radius 2 is 1.85 bits per heavy atom. The molecule has 218 valence electrons. The van der Waals surface area contributed by atoms with Gasteiger partial charge in [-0.2, -0.15) is 18.3 Å². The predicted molar refractivity (Wildman–Crippen MR) is 142 cm³/mol. The van der Waals surface area contributed by atoms with E-state index in [1.807, 2.05) is 27.7 Å². The summed E-state index contributed by atoms with van der Waals surface area (Å²) in [6, 6.07) is 5.34. The van der Waals surface area contributed by atoms with E-state index < -0.39 is 47.4 Å². The normalized spacial score (nSPS) is 14.3. The molecule has 0 radical (unpaired) electrons. The molecule has 0 saturated heterocycles. The highest BCUT2D eigenvalue weighted by atomic mass is 19.4. The van der Waals surface area contributed by atoms with E-state index in [1.54, 1.807) is 10.8 Å². The van der Waals surface area contributed by atoms with Crippen LogP contribution in [0.2, 0.25) is 0 Å². The zero-order chi connectivity index (χ0) is 29.5. The lowest BCUT2D eigenvalue weighted by molar-refractivity contribution is -0.137. The number of carbonyl (C=O) groups excluding carboxylic acids is 2. The summed E-state index contributed by atoms with van der Waals surface area (Å²) in [5.74, 6) is -0.392. The number of hydrogen-bond donors (Lipinski definition) is 4. The van der Waals surface area contributed by atoms with Crippen molar-refractivity contribution >= 4 is 17.8 Å². The number of halogens is 3. The molecule has 0 aliphatic heterocycles. The molecule has 4 N–H and O–H groups in total. The molecule has 0 fully saturated rings. The van der Waals surface area contributed by atoms with Crippen LogP contribution in [0.4, 0.5) is 23.8 Å². The van der Waals surface area contributed by atoms with Crippen LogP contribution in [0.25, 0.3) is 11.3 Å². The number of alkyl carbamates (subject to hydrolysis) is 1. The molecule has 1 aromatic carbocycles. The number of nitrogens with one attached hydrogen (secondary N) is 3. The first-order chi connectivity index (χ1) is 18.8. The minimum absolute atomic E-state index is 0.215. The molecule has 0 unspecified atom stereocenters. The van der Waals surface area contributed by atoms with Gasteiger partial charge in [-0.25, -0.2) is 9.78 Å². The van der Waals surface area contributed by atoms with Gasteiger partial charge in [0.1, 0.15) is 11.9 Å². The summed E-state index contributed by atoms with van der Waals surface area (Å²) in [5.41, 5.74) is -0.272. The van der Waals surface area contributed by atoms with Crippen molar-refractivity contribution < 1.29 is 32.6 Å². The largest absolute Gasteiger partial charge is 0.444 e. The first kappa shape index (κ1) is 30.7. The SMILES string of the molecule is CCCC[C@H](NC(=O)O[C@H](Cn1cnc(-c2ccc(C(F)(F)F)cc2)c1)C(C)(C)C)[C@@H](O)C(=O)Nc1ccn[nH]1. The Balaban J connectivity index is 1.67. The summed E-state index contributed by atoms with van der Waals surface area (Å²) in [4.78, 5) is 29.8. The number of benzene rings is 1. The number of carbonyl (C=O) groups is 2. The van der Waals surface area contributed by atoms with Crippen LogP contribution in [-0.4, -0.2) is 55.1 Å². The number of alkyl halides is 3. The lowest BCUT2D eigenvalue weighted by Crippen LogP contribution is -2.50. The molecular weight excluding hydrogens is 529 g/mol. The Morgan fingerprint density at radius 3 is 2.42 bits per heavy atom. The second kappa shape index (κ2) is 13.0. The highest BCUT2D eigenvalue weighted by molar-refractivity contribution is 5.94. The molecule has 0 aliphatic carbocycles. The van der Waals surface area contributed by atoms with Gasteiger partial charge >= 0.3 is 12.3 Å². The molecule has 2 amide bonds. The van der Waals surface area contributed by atoms with Gasteiger partial charge in [-0.15, -0.1) is 0 Å². The second-order valence-electron chi connectivity index (χ2n) is 10.6. The van der Waals surface area contributed by atoms with Crippen molar-refractivity contribution in [2.75, 3.05) is 5.32 Å². The van der Waals surface area contributed by atoms with Crippen molar-refractivity contribution in [3.63, 3.8) is 0 Å². The summed E-state index contributed by atoms with van der Waals surface area (Å²) >= 11 is 0. The van der Waals surface area contributed by atoms with Crippen molar-refractivity contribution in [3.05, 3.63) is 54.6 Å². The maximum Gasteiger partial charge on any atom is 0.416 e. The number of imidazole rings is 1. The summed E-state index contributed by atoms with van der Waals surface area (Å²) in [5, 5.41) is 22.1. The van der Waals surface area contributed by atoms with Crippen LogP contribution in [0.1, 0.15) is 52.5 Å². The molecule has 13 heteroatoms. The molecule has 0 bridgehead atoms. The van der Waals surface area contributed by atoms with Crippen molar-refractivity contribution in [3.8, 4) is 11.3 Å². The second-order valence-corrected chi connectivity index (χ2v) is 10.6. The smallest absolute Gasteiger partial charge is 0.416 e. The maximum atomic E-state index is 12.9. The quantitative estimate of drug-likeness (QED) is 0.259. The molecule has 2 aromatic heterocycles. The van der Waals surface area contributed by atoms with E-state index >= 15 is 0 Å². The molecule has 0 aliphatic rings. The van der Waals surface area contributed by atoms with E-state index in [9.17, 15) is 27.9 Å². The van der Waals surface area contributed by atoms with Gasteiger partial charge in [0.2, 0.25) is 0 Å². The number of aromatic nitrogens is 4. The van der Waals surface area contributed by atoms with Gasteiger partial charge < -0.3 is 25.0 Å². The van der Waals surface area contributed by atoms with Gasteiger partial charge in [0.15, 0.2) is 6.10 Å². The van der Waals surface area contributed by atoms with Crippen molar-refractivity contribution in [2.45, 2.75) is 77.9 Å². The minimum atomic E-state index is -4.43. The molecule has 3 aromatic rings. The number of aliphatic hydroxyl groups is 1. The monoisotopic (exact) mass is 564 g/mol. The number of ether oxygens (including phenoxy) is 1. The number of hydrogen-bond acceptors (Lipinski definition) is 6. The first-order valence-corrected chi connectivity index (χ1v) is 12.9. The number of anilines is 1. The van der Waals surface area contributed by atoms with Crippen LogP contribution < -0.4 is 10.6 Å². The van der Waals surface area contributed by atoms with Gasteiger partial charge in [0.25, 0.3) is 5.91 Å². The highest BCUT2D eigenvalue weighted by Crippen LogP contribution is 2.31. The van der Waals surface area contributed by atoms with Crippen molar-refractivity contribution in [1.82, 2.24) is 25.1 Å². The standard InChI is InChI=1S/C27H35F3N6O4/c1-5-6-7-19(23(37)24(38)34-22-12-13-32-35-22)33-25(39)40-21(26(2,3)4)15-36-14-20(31-16-36)17-8-10-18(11-9-17)27(28,29)30/h8-14,16,19,21,23,37H,5-7,15H2,1-4H3,(H,33,39)(H2,32,34,35,38)/t19-,21+,23+/m0/s1. The van der Waals surface area contributed by atoms with E-state index in [4.69, 9.17) is 4.74 Å². The third kappa shape index (κ3) is 8.57. The fraction of sp³-hybridized carbons (Fsp3) is 0.481. The van der Waals surface area contributed by atoms with Crippen LogP contribution >= 0.6 is 0 Å². The fourth-order valence-corrected chi connectivity index (χ4v) is 3.88. The van der Waals surface area contributed by atoms with Gasteiger partial charge in [-0.05, 0) is 18.6 Å². The summed E-state index contributed by atoms with van der Waals surface area (Å²) < 4.78 is 46.1. The Kier molecular flexibility index (Phi) is 9.96. The third-order valence-corrected chi connectivity index (χ3v) is 6.31. The van der Waals surface area contributed by atoms with E-state index in [1.165, 1.54) is 30.7 Å². The fourth-order valence-electron chi connectivity index (χ4n) is 3.88. The lowest BCUT2D eigenvalue weighted by atomic mass is 9.89. The van der Waals surface area contributed by atoms with Crippen molar-refractivity contribution in [2.24, 2.45) is 5.41 Å². The average Bonchev–Trinajstić information content (AvgIpc) is 3.57. The molecule has 2 heterocycles. The lowest BCUT2D eigenvalue weighted by Gasteiger charge is -2.31. The number of unbranched alkanes of at least 4 members (excludes halogenated alkanes) is 1. The summed E-state index contributed by atoms with van der Waals surface area (Å²) in [6.07, 6.45) is -0.981. The van der Waals surface area contributed by atoms with Crippen LogP contribution in [0.5, 0.6) is 0 Å². The first-order valence-electron chi connectivity index (χ1n) is 12.9. The number of H-pyrrole nitrogens is 1. The van der Waals surface area contributed by atoms with Crippen LogP contribution in [0, 0.1) is 5.41 Å². The summed E-state index contributed by atoms with van der Waals surface area (Å²) in [6.45, 7) is 7.83. The van der Waals surface area contributed by atoms with Crippen LogP contribution in [0.3, 0.4) is 0 Å². The van der Waals surface area contributed by atoms with Gasteiger partial charge in [-0.1, -0.05) is 52.7 Å². The van der Waals surface area contributed by atoms with Gasteiger partial charge in [0.05, 0.1) is 36.4 Å². The molecule has 10 nitrogen and oxygen atoms in total. The van der Waals surface area contributed by atoms with Gasteiger partial charge in [-0.3, -0.25) is 9.89 Å². The number of aromatic amines is 1. The number of amides is 2. The van der Waals surface area contributed by atoms with E-state index in [-0.39, 0.29) is 6.54 Å². The Bertz CT molecular complexity index is 1240. The third-order valence-electron chi connectivity index (χ3n) is 6.31. The zero-order valence-corrected chi connectivity index (χ0v) is 22.8. The predicted octanol–water partition coefficient (Wildman–Crippen LogP) is 4.99. The maximum absolute atomic E-state index is 12.9. The Morgan fingerprint density at radius 1 is 1.15 bits per heavy atom. The Hall–Kier alpha value is -3.87. The highest BCUT2D eigenvalue weighted by Gasteiger charge is 2.33. The van der Waals surface area contributed by atoms with Crippen LogP contribution in [0.15, 0.2) is 49.1 Å². The number of aliphatic hydroxyl groups excluding tert-OH is 1. The molecule has 0 saturated carbocycles.